The number of hydrogen-bond acceptors (Lipinski definition) is 9. The van der Waals surface area contributed by atoms with Crippen molar-refractivity contribution in [3.8, 4) is 0 Å². The average Bonchev–Trinajstić information content (AvgIpc) is 2.42. The highest BCUT2D eigenvalue weighted by atomic mass is 35.5. The standard InChI is InChI=1S/C12H17ClN2O8S2/c1-24(18,19)22-7-5-14(6-8-23-25(2,20)21)10-3-4-12(15(16)17)11(13)9-10/h3-4,9H,5-8H2,1-2H3. The maximum atomic E-state index is 11.0. The molecule has 0 radical (unpaired) electrons. The second kappa shape index (κ2) is 8.76. The van der Waals surface area contributed by atoms with E-state index in [4.69, 9.17) is 11.6 Å². The molecule has 0 spiro atoms. The van der Waals surface area contributed by atoms with Gasteiger partial charge in [0.1, 0.15) is 5.02 Å². The molecule has 1 aromatic rings. The van der Waals surface area contributed by atoms with Crippen LogP contribution in [0, 0.1) is 10.1 Å². The molecule has 0 N–H and O–H groups in total. The van der Waals surface area contributed by atoms with Gasteiger partial charge in [0, 0.05) is 24.8 Å². The Kier molecular flexibility index (Phi) is 7.56. The van der Waals surface area contributed by atoms with Crippen LogP contribution in [0.5, 0.6) is 0 Å². The number of nitro groups is 1. The largest absolute Gasteiger partial charge is 0.367 e. The number of benzene rings is 1. The van der Waals surface area contributed by atoms with Gasteiger partial charge in [-0.05, 0) is 12.1 Å². The van der Waals surface area contributed by atoms with E-state index >= 15 is 0 Å². The molecule has 0 fully saturated rings. The monoisotopic (exact) mass is 416 g/mol. The van der Waals surface area contributed by atoms with E-state index in [1.807, 2.05) is 0 Å². The van der Waals surface area contributed by atoms with Crippen LogP contribution in [0.25, 0.3) is 0 Å². The first-order valence-electron chi connectivity index (χ1n) is 6.77. The first-order valence-corrected chi connectivity index (χ1v) is 10.8. The lowest BCUT2D eigenvalue weighted by Gasteiger charge is -2.24. The van der Waals surface area contributed by atoms with Crippen LogP contribution in [0.4, 0.5) is 11.4 Å². The second-order valence-electron chi connectivity index (χ2n) is 4.93. The van der Waals surface area contributed by atoms with Crippen molar-refractivity contribution in [2.45, 2.75) is 0 Å². The molecule has 13 heteroatoms. The molecule has 0 aliphatic heterocycles. The Morgan fingerprint density at radius 1 is 1.08 bits per heavy atom. The highest BCUT2D eigenvalue weighted by molar-refractivity contribution is 7.86. The van der Waals surface area contributed by atoms with Crippen LogP contribution >= 0.6 is 11.6 Å². The van der Waals surface area contributed by atoms with Crippen molar-refractivity contribution in [1.82, 2.24) is 0 Å². The molecule has 0 saturated heterocycles. The first kappa shape index (κ1) is 21.6. The lowest BCUT2D eigenvalue weighted by atomic mass is 10.2. The summed E-state index contributed by atoms with van der Waals surface area (Å²) in [5.74, 6) is 0. The topological polar surface area (TPSA) is 133 Å². The van der Waals surface area contributed by atoms with Crippen molar-refractivity contribution in [3.63, 3.8) is 0 Å². The lowest BCUT2D eigenvalue weighted by molar-refractivity contribution is -0.384. The van der Waals surface area contributed by atoms with E-state index in [0.29, 0.717) is 5.69 Å². The van der Waals surface area contributed by atoms with Crippen LogP contribution in [0.15, 0.2) is 18.2 Å². The zero-order valence-electron chi connectivity index (χ0n) is 13.4. The Hall–Kier alpha value is -1.47. The van der Waals surface area contributed by atoms with Crippen molar-refractivity contribution >= 4 is 43.2 Å². The molecule has 142 valence electrons. The minimum Gasteiger partial charge on any atom is -0.367 e. The summed E-state index contributed by atoms with van der Waals surface area (Å²) in [7, 11) is -7.28. The molecule has 0 unspecified atom stereocenters. The van der Waals surface area contributed by atoms with E-state index in [1.54, 1.807) is 0 Å². The number of anilines is 1. The SMILES string of the molecule is CS(=O)(=O)OCCN(CCOS(C)(=O)=O)c1ccc([N+](=O)[O-])c(Cl)c1. The van der Waals surface area contributed by atoms with E-state index in [2.05, 4.69) is 8.37 Å². The lowest BCUT2D eigenvalue weighted by Crippen LogP contribution is -2.32. The van der Waals surface area contributed by atoms with Gasteiger partial charge in [-0.3, -0.25) is 18.5 Å². The molecule has 0 aliphatic carbocycles. The Morgan fingerprint density at radius 2 is 1.56 bits per heavy atom. The van der Waals surface area contributed by atoms with Gasteiger partial charge in [-0.2, -0.15) is 16.8 Å². The van der Waals surface area contributed by atoms with Gasteiger partial charge in [0.25, 0.3) is 25.9 Å². The summed E-state index contributed by atoms with van der Waals surface area (Å²) in [6.07, 6.45) is 1.79. The zero-order chi connectivity index (χ0) is 19.3. The van der Waals surface area contributed by atoms with Gasteiger partial charge in [0.05, 0.1) is 30.6 Å². The number of hydrogen-bond donors (Lipinski definition) is 0. The van der Waals surface area contributed by atoms with Crippen molar-refractivity contribution in [3.05, 3.63) is 33.3 Å². The summed E-state index contributed by atoms with van der Waals surface area (Å²) in [5.41, 5.74) is 0.134. The molecule has 0 bridgehead atoms. The summed E-state index contributed by atoms with van der Waals surface area (Å²) in [6.45, 7) is -0.276. The number of nitrogens with zero attached hydrogens (tertiary/aromatic N) is 2. The fourth-order valence-corrected chi connectivity index (χ4v) is 2.81. The summed E-state index contributed by atoms with van der Waals surface area (Å²) in [5, 5.41) is 10.7. The maximum Gasteiger partial charge on any atom is 0.288 e. The van der Waals surface area contributed by atoms with Gasteiger partial charge in [0.15, 0.2) is 0 Å². The molecule has 1 aromatic carbocycles. The summed E-state index contributed by atoms with van der Waals surface area (Å²) >= 11 is 5.86. The third-order valence-corrected chi connectivity index (χ3v) is 4.30. The molecule has 0 saturated carbocycles. The molecule has 25 heavy (non-hydrogen) atoms. The fraction of sp³-hybridized carbons (Fsp3) is 0.500. The number of rotatable bonds is 10. The van der Waals surface area contributed by atoms with Gasteiger partial charge in [-0.25, -0.2) is 0 Å². The van der Waals surface area contributed by atoms with Gasteiger partial charge in [0.2, 0.25) is 0 Å². The molecule has 10 nitrogen and oxygen atoms in total. The van der Waals surface area contributed by atoms with Gasteiger partial charge < -0.3 is 4.90 Å². The van der Waals surface area contributed by atoms with Crippen molar-refractivity contribution in [2.24, 2.45) is 0 Å². The average molecular weight is 417 g/mol. The van der Waals surface area contributed by atoms with E-state index in [1.165, 1.54) is 23.1 Å². The van der Waals surface area contributed by atoms with Crippen molar-refractivity contribution in [1.29, 1.82) is 0 Å². The van der Waals surface area contributed by atoms with Crippen LogP contribution in [0.1, 0.15) is 0 Å². The third-order valence-electron chi connectivity index (χ3n) is 2.81. The molecule has 0 heterocycles. The zero-order valence-corrected chi connectivity index (χ0v) is 15.8. The highest BCUT2D eigenvalue weighted by Crippen LogP contribution is 2.29. The van der Waals surface area contributed by atoms with E-state index < -0.39 is 25.2 Å². The van der Waals surface area contributed by atoms with Gasteiger partial charge >= 0.3 is 0 Å². The van der Waals surface area contributed by atoms with Crippen LogP contribution in [-0.2, 0) is 28.6 Å². The van der Waals surface area contributed by atoms with E-state index in [-0.39, 0.29) is 37.0 Å². The van der Waals surface area contributed by atoms with Crippen LogP contribution < -0.4 is 4.90 Å². The molecule has 0 aliphatic rings. The summed E-state index contributed by atoms with van der Waals surface area (Å²) in [4.78, 5) is 11.7. The molecule has 0 atom stereocenters. The number of nitro benzene ring substituents is 1. The van der Waals surface area contributed by atoms with Crippen molar-refractivity contribution in [2.75, 3.05) is 43.7 Å². The maximum absolute atomic E-state index is 11.0. The van der Waals surface area contributed by atoms with Crippen LogP contribution in [-0.4, -0.2) is 60.6 Å². The van der Waals surface area contributed by atoms with E-state index in [0.717, 1.165) is 12.5 Å². The summed E-state index contributed by atoms with van der Waals surface area (Å²) < 4.78 is 53.4. The van der Waals surface area contributed by atoms with Gasteiger partial charge in [-0.1, -0.05) is 11.6 Å². The first-order chi connectivity index (χ1) is 11.4. The minimum atomic E-state index is -3.64. The Balaban J connectivity index is 2.92. The normalized spacial score (nSPS) is 12.1. The van der Waals surface area contributed by atoms with Crippen LogP contribution in [0.3, 0.4) is 0 Å². The molecular weight excluding hydrogens is 400 g/mol. The molecular formula is C12H17ClN2O8S2. The predicted molar refractivity (Wildman–Crippen MR) is 91.9 cm³/mol. The number of halogens is 1. The second-order valence-corrected chi connectivity index (χ2v) is 8.63. The molecule has 0 amide bonds. The molecule has 0 aromatic heterocycles. The third kappa shape index (κ3) is 8.45. The molecule has 1 rings (SSSR count). The highest BCUT2D eigenvalue weighted by Gasteiger charge is 2.16. The Labute approximate surface area is 150 Å². The Bertz CT molecular complexity index is 788. The van der Waals surface area contributed by atoms with E-state index in [9.17, 15) is 26.9 Å². The smallest absolute Gasteiger partial charge is 0.288 e. The Morgan fingerprint density at radius 3 is 1.92 bits per heavy atom. The quantitative estimate of drug-likeness (QED) is 0.311. The predicted octanol–water partition coefficient (Wildman–Crippen LogP) is 1.01. The summed E-state index contributed by atoms with van der Waals surface area (Å²) in [6, 6.07) is 3.92. The fourth-order valence-electron chi connectivity index (χ4n) is 1.81. The van der Waals surface area contributed by atoms with Crippen LogP contribution in [0.2, 0.25) is 5.02 Å². The van der Waals surface area contributed by atoms with Gasteiger partial charge in [-0.15, -0.1) is 0 Å². The van der Waals surface area contributed by atoms with Crippen molar-refractivity contribution < 1.29 is 30.1 Å². The minimum absolute atomic E-state index is 0.0638.